The van der Waals surface area contributed by atoms with Crippen LogP contribution in [-0.2, 0) is 23.7 Å². The Hall–Kier alpha value is -3.01. The molecule has 1 saturated heterocycles. The molecular formula is C33H51N7O6S. The number of hydrogen-bond donors (Lipinski definition) is 2. The summed E-state index contributed by atoms with van der Waals surface area (Å²) in [5, 5.41) is 11.6. The van der Waals surface area contributed by atoms with Crippen LogP contribution in [0.25, 0.3) is 10.9 Å². The predicted octanol–water partition coefficient (Wildman–Crippen LogP) is 4.21. The van der Waals surface area contributed by atoms with Gasteiger partial charge in [-0.1, -0.05) is 20.8 Å². The molecule has 0 saturated carbocycles. The number of amides is 1. The van der Waals surface area contributed by atoms with Crippen LogP contribution in [0.15, 0.2) is 23.4 Å². The number of thioether (sulfide) groups is 1. The fourth-order valence-electron chi connectivity index (χ4n) is 4.80. The van der Waals surface area contributed by atoms with Crippen LogP contribution in [0.5, 0.6) is 5.75 Å². The highest BCUT2D eigenvalue weighted by atomic mass is 32.2. The number of benzene rings is 1. The monoisotopic (exact) mass is 673 g/mol. The molecule has 1 atom stereocenters. The number of rotatable bonds is 18. The Balaban J connectivity index is 1.11. The van der Waals surface area contributed by atoms with Crippen molar-refractivity contribution in [1.82, 2.24) is 30.0 Å². The molecule has 1 aromatic carbocycles. The van der Waals surface area contributed by atoms with Crippen molar-refractivity contribution >= 4 is 40.2 Å². The second-order valence-corrected chi connectivity index (χ2v) is 14.5. The van der Waals surface area contributed by atoms with Gasteiger partial charge in [0.15, 0.2) is 5.82 Å². The maximum absolute atomic E-state index is 12.3. The van der Waals surface area contributed by atoms with Crippen LogP contribution in [0.1, 0.15) is 39.0 Å². The van der Waals surface area contributed by atoms with Crippen molar-refractivity contribution in [3.8, 4) is 5.75 Å². The van der Waals surface area contributed by atoms with E-state index in [1.165, 1.54) is 0 Å². The topological polar surface area (TPSA) is 136 Å². The van der Waals surface area contributed by atoms with E-state index in [1.807, 2.05) is 24.8 Å². The SMILES string of the molecule is Cc1[nH]nc(Nc2ncnc3cc(OCCOCCOCCOCCOCC(=O)N4CCN(C)C(C)C4)c(SC(C)(C)C)cc23)c1C. The van der Waals surface area contributed by atoms with Crippen molar-refractivity contribution in [3.05, 3.63) is 29.7 Å². The lowest BCUT2D eigenvalue weighted by molar-refractivity contribution is -0.139. The Morgan fingerprint density at radius 3 is 2.23 bits per heavy atom. The van der Waals surface area contributed by atoms with Crippen molar-refractivity contribution in [2.75, 3.05) is 91.5 Å². The van der Waals surface area contributed by atoms with Gasteiger partial charge in [0.25, 0.3) is 0 Å². The number of carbonyl (C=O) groups is 1. The second-order valence-electron chi connectivity index (χ2n) is 12.6. The lowest BCUT2D eigenvalue weighted by Gasteiger charge is -2.37. The van der Waals surface area contributed by atoms with Crippen molar-refractivity contribution in [1.29, 1.82) is 0 Å². The lowest BCUT2D eigenvalue weighted by Crippen LogP contribution is -2.52. The molecule has 1 fully saturated rings. The van der Waals surface area contributed by atoms with Gasteiger partial charge >= 0.3 is 0 Å². The number of aromatic nitrogens is 4. The number of aromatic amines is 1. The summed E-state index contributed by atoms with van der Waals surface area (Å²) < 4.78 is 28.5. The number of fused-ring (bicyclic) bond motifs is 1. The summed E-state index contributed by atoms with van der Waals surface area (Å²) in [5.41, 5.74) is 2.83. The number of ether oxygens (including phenoxy) is 5. The molecule has 1 aliphatic heterocycles. The number of likely N-dealkylation sites (N-methyl/N-ethyl adjacent to an activating group) is 1. The maximum atomic E-state index is 12.3. The van der Waals surface area contributed by atoms with Gasteiger partial charge in [-0.2, -0.15) is 5.10 Å². The molecule has 2 aromatic heterocycles. The Bertz CT molecular complexity index is 1430. The average molecular weight is 674 g/mol. The Morgan fingerprint density at radius 1 is 0.957 bits per heavy atom. The quantitative estimate of drug-likeness (QED) is 0.148. The molecule has 0 bridgehead atoms. The lowest BCUT2D eigenvalue weighted by atomic mass is 10.2. The van der Waals surface area contributed by atoms with Gasteiger partial charge in [0.1, 0.15) is 31.1 Å². The third-order valence-corrected chi connectivity index (χ3v) is 8.90. The molecule has 14 heteroatoms. The number of aryl methyl sites for hydroxylation is 1. The zero-order chi connectivity index (χ0) is 33.8. The highest BCUT2D eigenvalue weighted by molar-refractivity contribution is 8.00. The summed E-state index contributed by atoms with van der Waals surface area (Å²) in [5.74, 6) is 2.23. The molecule has 0 radical (unpaired) electrons. The molecule has 0 aliphatic carbocycles. The Labute approximate surface area is 282 Å². The van der Waals surface area contributed by atoms with Crippen LogP contribution in [0.4, 0.5) is 11.6 Å². The summed E-state index contributed by atoms with van der Waals surface area (Å²) in [6.07, 6.45) is 1.54. The normalized spacial score (nSPS) is 15.8. The van der Waals surface area contributed by atoms with Gasteiger partial charge in [0.2, 0.25) is 5.91 Å². The number of hydrogen-bond acceptors (Lipinski definition) is 12. The average Bonchev–Trinajstić information content (AvgIpc) is 3.34. The summed E-state index contributed by atoms with van der Waals surface area (Å²) in [7, 11) is 2.08. The number of nitrogens with zero attached hydrogens (tertiary/aromatic N) is 5. The molecule has 47 heavy (non-hydrogen) atoms. The van der Waals surface area contributed by atoms with Crippen LogP contribution < -0.4 is 10.1 Å². The minimum atomic E-state index is -0.0297. The molecule has 1 aliphatic rings. The van der Waals surface area contributed by atoms with Crippen molar-refractivity contribution < 1.29 is 28.5 Å². The molecule has 4 rings (SSSR count). The number of anilines is 2. The van der Waals surface area contributed by atoms with Crippen molar-refractivity contribution in [2.45, 2.75) is 57.2 Å². The molecule has 2 N–H and O–H groups in total. The first-order valence-electron chi connectivity index (χ1n) is 16.2. The Morgan fingerprint density at radius 2 is 1.62 bits per heavy atom. The molecule has 3 aromatic rings. The highest BCUT2D eigenvalue weighted by Crippen LogP contribution is 2.41. The van der Waals surface area contributed by atoms with Gasteiger partial charge in [-0.3, -0.25) is 9.89 Å². The van der Waals surface area contributed by atoms with Crippen molar-refractivity contribution in [3.63, 3.8) is 0 Å². The third kappa shape index (κ3) is 11.6. The highest BCUT2D eigenvalue weighted by Gasteiger charge is 2.24. The fourth-order valence-corrected chi connectivity index (χ4v) is 5.86. The summed E-state index contributed by atoms with van der Waals surface area (Å²) in [6.45, 7) is 18.5. The van der Waals surface area contributed by atoms with Gasteiger partial charge < -0.3 is 38.8 Å². The predicted molar refractivity (Wildman–Crippen MR) is 184 cm³/mol. The molecule has 3 heterocycles. The summed E-state index contributed by atoms with van der Waals surface area (Å²) >= 11 is 1.73. The summed E-state index contributed by atoms with van der Waals surface area (Å²) in [4.78, 5) is 26.4. The fraction of sp³-hybridized carbons (Fsp3) is 0.636. The van der Waals surface area contributed by atoms with E-state index in [9.17, 15) is 4.79 Å². The number of nitrogens with one attached hydrogen (secondary N) is 2. The molecule has 13 nitrogen and oxygen atoms in total. The van der Waals surface area contributed by atoms with E-state index in [-0.39, 0.29) is 17.3 Å². The van der Waals surface area contributed by atoms with Gasteiger partial charge in [0, 0.05) is 53.1 Å². The number of piperazine rings is 1. The molecule has 0 spiro atoms. The largest absolute Gasteiger partial charge is 0.490 e. The second kappa shape index (κ2) is 17.9. The van der Waals surface area contributed by atoms with E-state index in [1.54, 1.807) is 18.1 Å². The molecule has 1 unspecified atom stereocenters. The molecular weight excluding hydrogens is 622 g/mol. The van der Waals surface area contributed by atoms with Crippen LogP contribution in [-0.4, -0.2) is 133 Å². The standard InChI is InChI=1S/C33H51N7O6S/c1-23-20-40(9-8-39(23)7)30(41)21-45-15-14-43-11-10-42-12-13-44-16-17-46-28-19-27-26(18-29(28)47-33(4,5)6)32(35-22-34-27)36-31-24(2)25(3)37-38-31/h18-19,22-23H,8-17,20-21H2,1-7H3,(H2,34,35,36,37,38). The number of H-pyrrole nitrogens is 1. The smallest absolute Gasteiger partial charge is 0.248 e. The minimum absolute atomic E-state index is 0.0297. The van der Waals surface area contributed by atoms with E-state index in [2.05, 4.69) is 71.2 Å². The number of carbonyl (C=O) groups excluding carboxylic acids is 1. The minimum Gasteiger partial charge on any atom is -0.490 e. The van der Waals surface area contributed by atoms with E-state index in [0.717, 1.165) is 58.3 Å². The summed E-state index contributed by atoms with van der Waals surface area (Å²) in [6, 6.07) is 4.40. The first-order valence-corrected chi connectivity index (χ1v) is 17.0. The molecule has 1 amide bonds. The van der Waals surface area contributed by atoms with Gasteiger partial charge in [0.05, 0.1) is 56.7 Å². The van der Waals surface area contributed by atoms with E-state index >= 15 is 0 Å². The van der Waals surface area contributed by atoms with E-state index in [0.29, 0.717) is 64.7 Å². The van der Waals surface area contributed by atoms with Crippen LogP contribution in [0, 0.1) is 13.8 Å². The zero-order valence-corrected chi connectivity index (χ0v) is 29.7. The first-order chi connectivity index (χ1) is 22.5. The van der Waals surface area contributed by atoms with Gasteiger partial charge in [-0.25, -0.2) is 9.97 Å². The van der Waals surface area contributed by atoms with Crippen LogP contribution in [0.3, 0.4) is 0 Å². The maximum Gasteiger partial charge on any atom is 0.248 e. The van der Waals surface area contributed by atoms with Crippen LogP contribution >= 0.6 is 11.8 Å². The van der Waals surface area contributed by atoms with E-state index in [4.69, 9.17) is 23.7 Å². The third-order valence-electron chi connectivity index (χ3n) is 7.75. The molecule has 260 valence electrons. The zero-order valence-electron chi connectivity index (χ0n) is 28.9. The van der Waals surface area contributed by atoms with Crippen LogP contribution in [0.2, 0.25) is 0 Å². The van der Waals surface area contributed by atoms with Gasteiger partial charge in [-0.05, 0) is 33.9 Å². The van der Waals surface area contributed by atoms with E-state index < -0.39 is 0 Å². The van der Waals surface area contributed by atoms with Gasteiger partial charge in [-0.15, -0.1) is 11.8 Å². The first kappa shape index (κ1) is 36.8. The Kier molecular flexibility index (Phi) is 14.1. The van der Waals surface area contributed by atoms with Crippen molar-refractivity contribution in [2.24, 2.45) is 0 Å².